The summed E-state index contributed by atoms with van der Waals surface area (Å²) >= 11 is 0. The van der Waals surface area contributed by atoms with Gasteiger partial charge in [0.25, 0.3) is 0 Å². The zero-order valence-corrected chi connectivity index (χ0v) is 17.7. The van der Waals surface area contributed by atoms with Gasteiger partial charge in [0.05, 0.1) is 18.1 Å². The van der Waals surface area contributed by atoms with E-state index in [1.165, 1.54) is 6.33 Å². The number of para-hydroxylation sites is 1. The highest BCUT2D eigenvalue weighted by atomic mass is 16.1. The molecule has 4 N–H and O–H groups in total. The highest BCUT2D eigenvalue weighted by Gasteiger charge is 2.24. The molecule has 0 saturated heterocycles. The number of carbonyl (C=O) groups is 1. The topological polar surface area (TPSA) is 121 Å². The molecule has 1 aliphatic heterocycles. The zero-order chi connectivity index (χ0) is 21.6. The van der Waals surface area contributed by atoms with E-state index < -0.39 is 0 Å². The molecule has 3 heterocycles. The molecule has 0 bridgehead atoms. The molecule has 4 rings (SSSR count). The molecular formula is C21H27N9O. The first-order valence-electron chi connectivity index (χ1n) is 10.4. The molecule has 0 aliphatic carbocycles. The molecule has 1 aliphatic rings. The lowest BCUT2D eigenvalue weighted by Gasteiger charge is -2.24. The van der Waals surface area contributed by atoms with Crippen LogP contribution in [0.3, 0.4) is 0 Å². The summed E-state index contributed by atoms with van der Waals surface area (Å²) in [4.78, 5) is 25.3. The summed E-state index contributed by atoms with van der Waals surface area (Å²) < 4.78 is 1.72. The molecule has 3 aromatic rings. The first kappa shape index (κ1) is 20.6. The number of carbonyl (C=O) groups excluding carboxylic acids is 1. The van der Waals surface area contributed by atoms with Gasteiger partial charge in [-0.3, -0.25) is 14.5 Å². The highest BCUT2D eigenvalue weighted by Crippen LogP contribution is 2.31. The predicted molar refractivity (Wildman–Crippen MR) is 121 cm³/mol. The molecule has 162 valence electrons. The number of nitrogens with zero attached hydrogens (tertiary/aromatic N) is 5. The van der Waals surface area contributed by atoms with Gasteiger partial charge in [0.2, 0.25) is 5.91 Å². The van der Waals surface area contributed by atoms with Crippen LogP contribution in [0.25, 0.3) is 11.0 Å². The zero-order valence-electron chi connectivity index (χ0n) is 17.7. The number of amides is 1. The van der Waals surface area contributed by atoms with E-state index in [0.717, 1.165) is 40.6 Å². The van der Waals surface area contributed by atoms with Crippen molar-refractivity contribution < 1.29 is 4.79 Å². The maximum absolute atomic E-state index is 12.0. The van der Waals surface area contributed by atoms with Gasteiger partial charge in [-0.1, -0.05) is 18.2 Å². The molecule has 31 heavy (non-hydrogen) atoms. The average Bonchev–Trinajstić information content (AvgIpc) is 3.16. The Kier molecular flexibility index (Phi) is 6.25. The fraction of sp³-hybridized carbons (Fsp3) is 0.381. The van der Waals surface area contributed by atoms with Gasteiger partial charge in [-0.2, -0.15) is 5.10 Å². The smallest absolute Gasteiger partial charge is 0.225 e. The van der Waals surface area contributed by atoms with Crippen LogP contribution in [-0.4, -0.2) is 57.8 Å². The Morgan fingerprint density at radius 3 is 3.00 bits per heavy atom. The van der Waals surface area contributed by atoms with Crippen molar-refractivity contribution in [2.24, 2.45) is 12.0 Å². The fourth-order valence-corrected chi connectivity index (χ4v) is 3.67. The van der Waals surface area contributed by atoms with Crippen LogP contribution in [-0.2, 0) is 11.8 Å². The SMILES string of the molecule is CCNC(=NCC1CC(=O)Nc2ccccc21)NCCNc1ncnc2c1cnn2C. The Balaban J connectivity index is 1.35. The second-order valence-electron chi connectivity index (χ2n) is 7.34. The van der Waals surface area contributed by atoms with E-state index in [2.05, 4.69) is 42.4 Å². The van der Waals surface area contributed by atoms with Crippen LogP contribution in [0.5, 0.6) is 0 Å². The van der Waals surface area contributed by atoms with Gasteiger partial charge in [-0.15, -0.1) is 0 Å². The first-order valence-corrected chi connectivity index (χ1v) is 10.4. The van der Waals surface area contributed by atoms with Crippen molar-refractivity contribution in [1.29, 1.82) is 0 Å². The summed E-state index contributed by atoms with van der Waals surface area (Å²) in [6, 6.07) is 7.92. The van der Waals surface area contributed by atoms with Crippen molar-refractivity contribution in [3.05, 3.63) is 42.4 Å². The maximum atomic E-state index is 12.0. The Morgan fingerprint density at radius 2 is 2.13 bits per heavy atom. The van der Waals surface area contributed by atoms with E-state index in [0.29, 0.717) is 26.1 Å². The predicted octanol–water partition coefficient (Wildman–Crippen LogP) is 1.46. The van der Waals surface area contributed by atoms with Gasteiger partial charge in [-0.05, 0) is 18.6 Å². The third-order valence-corrected chi connectivity index (χ3v) is 5.16. The lowest BCUT2D eigenvalue weighted by Crippen LogP contribution is -2.40. The molecule has 0 radical (unpaired) electrons. The van der Waals surface area contributed by atoms with Gasteiger partial charge < -0.3 is 21.3 Å². The molecular weight excluding hydrogens is 394 g/mol. The van der Waals surface area contributed by atoms with Crippen LogP contribution < -0.4 is 21.3 Å². The minimum absolute atomic E-state index is 0.0348. The van der Waals surface area contributed by atoms with Crippen LogP contribution in [0.2, 0.25) is 0 Å². The third kappa shape index (κ3) is 4.73. The molecule has 1 amide bonds. The molecule has 1 unspecified atom stereocenters. The average molecular weight is 422 g/mol. The van der Waals surface area contributed by atoms with Crippen molar-refractivity contribution in [3.8, 4) is 0 Å². The Hall–Kier alpha value is -3.69. The molecule has 10 nitrogen and oxygen atoms in total. The second-order valence-corrected chi connectivity index (χ2v) is 7.34. The van der Waals surface area contributed by atoms with Gasteiger partial charge in [0, 0.05) is 44.7 Å². The number of hydrogen-bond donors (Lipinski definition) is 4. The molecule has 0 spiro atoms. The maximum Gasteiger partial charge on any atom is 0.225 e. The van der Waals surface area contributed by atoms with E-state index in [9.17, 15) is 4.79 Å². The quantitative estimate of drug-likeness (QED) is 0.259. The Labute approximate surface area is 180 Å². The van der Waals surface area contributed by atoms with Crippen LogP contribution in [0.15, 0.2) is 41.8 Å². The number of rotatable bonds is 7. The largest absolute Gasteiger partial charge is 0.368 e. The molecule has 10 heteroatoms. The molecule has 0 fully saturated rings. The lowest BCUT2D eigenvalue weighted by atomic mass is 9.91. The summed E-state index contributed by atoms with van der Waals surface area (Å²) in [5, 5.41) is 18.0. The summed E-state index contributed by atoms with van der Waals surface area (Å²) in [7, 11) is 1.86. The first-order chi connectivity index (χ1) is 15.2. The fourth-order valence-electron chi connectivity index (χ4n) is 3.67. The van der Waals surface area contributed by atoms with E-state index in [1.807, 2.05) is 32.2 Å². The van der Waals surface area contributed by atoms with E-state index in [-0.39, 0.29) is 11.8 Å². The summed E-state index contributed by atoms with van der Waals surface area (Å²) in [6.45, 7) is 4.62. The normalized spacial score (nSPS) is 16.0. The minimum atomic E-state index is 0.0348. The van der Waals surface area contributed by atoms with Crippen molar-refractivity contribution in [3.63, 3.8) is 0 Å². The number of aliphatic imine (C=N–C) groups is 1. The van der Waals surface area contributed by atoms with Crippen LogP contribution in [0.1, 0.15) is 24.8 Å². The number of hydrogen-bond acceptors (Lipinski definition) is 6. The van der Waals surface area contributed by atoms with Gasteiger partial charge >= 0.3 is 0 Å². The standard InChI is InChI=1S/C21H27N9O/c1-3-22-21(25-11-14-10-18(31)29-17-7-5-4-6-15(14)17)24-9-8-23-19-16-12-28-30(2)20(16)27-13-26-19/h4-7,12-14H,3,8-11H2,1-2H3,(H,29,31)(H2,22,24,25)(H,23,26,27). The molecule has 1 atom stereocenters. The van der Waals surface area contributed by atoms with Crippen molar-refractivity contribution in [2.75, 3.05) is 36.8 Å². The van der Waals surface area contributed by atoms with E-state index in [4.69, 9.17) is 4.99 Å². The minimum Gasteiger partial charge on any atom is -0.368 e. The van der Waals surface area contributed by atoms with Crippen molar-refractivity contribution in [2.45, 2.75) is 19.3 Å². The molecule has 1 aromatic carbocycles. The number of fused-ring (bicyclic) bond motifs is 2. The number of guanidine groups is 1. The van der Waals surface area contributed by atoms with Crippen LogP contribution in [0.4, 0.5) is 11.5 Å². The summed E-state index contributed by atoms with van der Waals surface area (Å²) in [5.74, 6) is 1.58. The third-order valence-electron chi connectivity index (χ3n) is 5.16. The molecule has 2 aromatic heterocycles. The van der Waals surface area contributed by atoms with Gasteiger partial charge in [0.1, 0.15) is 12.1 Å². The van der Waals surface area contributed by atoms with E-state index in [1.54, 1.807) is 10.9 Å². The van der Waals surface area contributed by atoms with E-state index >= 15 is 0 Å². The van der Waals surface area contributed by atoms with Crippen LogP contribution in [0, 0.1) is 0 Å². The second kappa shape index (κ2) is 9.41. The van der Waals surface area contributed by atoms with Crippen molar-refractivity contribution >= 4 is 34.4 Å². The molecule has 0 saturated carbocycles. The monoisotopic (exact) mass is 421 g/mol. The number of anilines is 2. The highest BCUT2D eigenvalue weighted by molar-refractivity contribution is 5.94. The van der Waals surface area contributed by atoms with Gasteiger partial charge in [0.15, 0.2) is 11.6 Å². The van der Waals surface area contributed by atoms with Crippen molar-refractivity contribution in [1.82, 2.24) is 30.4 Å². The van der Waals surface area contributed by atoms with Gasteiger partial charge in [-0.25, -0.2) is 9.97 Å². The number of aromatic nitrogens is 4. The lowest BCUT2D eigenvalue weighted by molar-refractivity contribution is -0.116. The number of aryl methyl sites for hydroxylation is 1. The number of nitrogens with one attached hydrogen (secondary N) is 4. The Bertz CT molecular complexity index is 1090. The Morgan fingerprint density at radius 1 is 1.26 bits per heavy atom. The number of benzene rings is 1. The summed E-state index contributed by atoms with van der Waals surface area (Å²) in [5.41, 5.74) is 2.80. The summed E-state index contributed by atoms with van der Waals surface area (Å²) in [6.07, 6.45) is 3.73. The van der Waals surface area contributed by atoms with Crippen LogP contribution >= 0.6 is 0 Å².